The van der Waals surface area contributed by atoms with E-state index >= 15 is 0 Å². The van der Waals surface area contributed by atoms with Gasteiger partial charge >= 0.3 is 0 Å². The van der Waals surface area contributed by atoms with Crippen LogP contribution in [0.2, 0.25) is 0 Å². The fraction of sp³-hybridized carbons (Fsp3) is 0.333. The molecular formula is C9H11FO. The van der Waals surface area contributed by atoms with Gasteiger partial charge in [0.15, 0.2) is 0 Å². The van der Waals surface area contributed by atoms with Crippen molar-refractivity contribution in [2.24, 2.45) is 0 Å². The van der Waals surface area contributed by atoms with Gasteiger partial charge in [0.2, 0.25) is 0 Å². The van der Waals surface area contributed by atoms with E-state index in [9.17, 15) is 4.39 Å². The highest BCUT2D eigenvalue weighted by atomic mass is 19.1. The van der Waals surface area contributed by atoms with Gasteiger partial charge in [-0.15, -0.1) is 0 Å². The molecule has 0 aromatic heterocycles. The Morgan fingerprint density at radius 2 is 2.00 bits per heavy atom. The average Bonchev–Trinajstić information content (AvgIpc) is 1.85. The second-order valence-electron chi connectivity index (χ2n) is 2.74. The van der Waals surface area contributed by atoms with Crippen molar-refractivity contribution in [3.63, 3.8) is 0 Å². The second-order valence-corrected chi connectivity index (χ2v) is 2.74. The smallest absolute Gasteiger partial charge is 0.123 e. The molecule has 0 saturated heterocycles. The molecule has 0 bridgehead atoms. The van der Waals surface area contributed by atoms with E-state index in [-0.39, 0.29) is 5.82 Å². The molecule has 0 radical (unpaired) electrons. The molecule has 0 aliphatic rings. The van der Waals surface area contributed by atoms with E-state index in [1.807, 2.05) is 0 Å². The summed E-state index contributed by atoms with van der Waals surface area (Å²) in [5.74, 6) is -0.291. The molecule has 1 N–H and O–H groups in total. The fourth-order valence-electron chi connectivity index (χ4n) is 1.01. The standard InChI is InChI=1S/C9H11FO/c1-6-3-8(7(2)11)5-9(10)4-6/h3-5,7,11H,1-2H3/t7-/m0/s1. The van der Waals surface area contributed by atoms with Gasteiger partial charge in [-0.3, -0.25) is 0 Å². The Morgan fingerprint density at radius 3 is 2.45 bits per heavy atom. The van der Waals surface area contributed by atoms with Crippen molar-refractivity contribution < 1.29 is 9.50 Å². The minimum absolute atomic E-state index is 0.291. The number of hydrogen-bond acceptors (Lipinski definition) is 1. The first-order valence-electron chi connectivity index (χ1n) is 3.55. The minimum Gasteiger partial charge on any atom is -0.389 e. The van der Waals surface area contributed by atoms with Crippen LogP contribution in [-0.2, 0) is 0 Å². The van der Waals surface area contributed by atoms with Crippen LogP contribution in [0.3, 0.4) is 0 Å². The van der Waals surface area contributed by atoms with Gasteiger partial charge in [0.1, 0.15) is 5.82 Å². The Hall–Kier alpha value is -0.890. The number of aryl methyl sites for hydroxylation is 1. The summed E-state index contributed by atoms with van der Waals surface area (Å²) in [6.45, 7) is 3.42. The number of aliphatic hydroxyl groups is 1. The zero-order valence-electron chi connectivity index (χ0n) is 6.63. The zero-order chi connectivity index (χ0) is 8.43. The van der Waals surface area contributed by atoms with Crippen LogP contribution in [0, 0.1) is 12.7 Å². The maximum absolute atomic E-state index is 12.7. The fourth-order valence-corrected chi connectivity index (χ4v) is 1.01. The number of aliphatic hydroxyl groups excluding tert-OH is 1. The lowest BCUT2D eigenvalue weighted by molar-refractivity contribution is 0.198. The lowest BCUT2D eigenvalue weighted by Gasteiger charge is -2.05. The minimum atomic E-state index is -0.593. The molecule has 11 heavy (non-hydrogen) atoms. The summed E-state index contributed by atoms with van der Waals surface area (Å²) in [4.78, 5) is 0. The monoisotopic (exact) mass is 154 g/mol. The lowest BCUT2D eigenvalue weighted by Crippen LogP contribution is -1.92. The number of hydrogen-bond donors (Lipinski definition) is 1. The molecular weight excluding hydrogens is 143 g/mol. The third-order valence-corrected chi connectivity index (χ3v) is 1.55. The summed E-state index contributed by atoms with van der Waals surface area (Å²) >= 11 is 0. The van der Waals surface area contributed by atoms with E-state index in [4.69, 9.17) is 5.11 Å². The van der Waals surface area contributed by atoms with Crippen molar-refractivity contribution in [2.75, 3.05) is 0 Å². The zero-order valence-corrected chi connectivity index (χ0v) is 6.63. The second kappa shape index (κ2) is 3.01. The molecule has 0 unspecified atom stereocenters. The Labute approximate surface area is 65.5 Å². The Balaban J connectivity index is 3.08. The van der Waals surface area contributed by atoms with Crippen LogP contribution in [-0.4, -0.2) is 5.11 Å². The molecule has 0 fully saturated rings. The third kappa shape index (κ3) is 2.02. The first kappa shape index (κ1) is 8.21. The predicted octanol–water partition coefficient (Wildman–Crippen LogP) is 2.19. The maximum Gasteiger partial charge on any atom is 0.123 e. The number of benzene rings is 1. The van der Waals surface area contributed by atoms with E-state index in [1.54, 1.807) is 19.9 Å². The SMILES string of the molecule is Cc1cc(F)cc([C@H](C)O)c1. The van der Waals surface area contributed by atoms with Crippen molar-refractivity contribution >= 4 is 0 Å². The first-order valence-corrected chi connectivity index (χ1v) is 3.55. The topological polar surface area (TPSA) is 20.2 Å². The first-order chi connectivity index (χ1) is 5.09. The highest BCUT2D eigenvalue weighted by molar-refractivity contribution is 5.24. The van der Waals surface area contributed by atoms with Crippen LogP contribution >= 0.6 is 0 Å². The van der Waals surface area contributed by atoms with Gasteiger partial charge in [0.05, 0.1) is 6.10 Å². The Morgan fingerprint density at radius 1 is 1.36 bits per heavy atom. The van der Waals surface area contributed by atoms with E-state index in [2.05, 4.69) is 0 Å². The molecule has 0 heterocycles. The third-order valence-electron chi connectivity index (χ3n) is 1.55. The van der Waals surface area contributed by atoms with Gasteiger partial charge in [-0.1, -0.05) is 6.07 Å². The molecule has 1 atom stereocenters. The van der Waals surface area contributed by atoms with Crippen LogP contribution in [0.1, 0.15) is 24.2 Å². The Bertz CT molecular complexity index is 235. The van der Waals surface area contributed by atoms with Crippen LogP contribution in [0.15, 0.2) is 18.2 Å². The van der Waals surface area contributed by atoms with Crippen molar-refractivity contribution in [3.05, 3.63) is 35.1 Å². The molecule has 1 aromatic rings. The van der Waals surface area contributed by atoms with Gasteiger partial charge in [-0.2, -0.15) is 0 Å². The largest absolute Gasteiger partial charge is 0.389 e. The predicted molar refractivity (Wildman–Crippen MR) is 41.8 cm³/mol. The van der Waals surface area contributed by atoms with E-state index in [0.29, 0.717) is 5.56 Å². The molecule has 1 aromatic carbocycles. The van der Waals surface area contributed by atoms with Crippen molar-refractivity contribution in [1.29, 1.82) is 0 Å². The summed E-state index contributed by atoms with van der Waals surface area (Å²) in [5, 5.41) is 9.11. The average molecular weight is 154 g/mol. The lowest BCUT2D eigenvalue weighted by atomic mass is 10.1. The molecule has 0 aliphatic carbocycles. The highest BCUT2D eigenvalue weighted by Gasteiger charge is 2.02. The van der Waals surface area contributed by atoms with Gasteiger partial charge in [0.25, 0.3) is 0 Å². The van der Waals surface area contributed by atoms with Gasteiger partial charge in [-0.25, -0.2) is 4.39 Å². The quantitative estimate of drug-likeness (QED) is 0.657. The van der Waals surface area contributed by atoms with Crippen LogP contribution in [0.4, 0.5) is 4.39 Å². The van der Waals surface area contributed by atoms with Gasteiger partial charge in [-0.05, 0) is 37.1 Å². The number of rotatable bonds is 1. The van der Waals surface area contributed by atoms with Crippen LogP contribution in [0.5, 0.6) is 0 Å². The van der Waals surface area contributed by atoms with Gasteiger partial charge in [0, 0.05) is 0 Å². The van der Waals surface area contributed by atoms with E-state index in [1.165, 1.54) is 12.1 Å². The normalized spacial score (nSPS) is 13.1. The molecule has 1 nitrogen and oxygen atoms in total. The summed E-state index contributed by atoms with van der Waals surface area (Å²) in [6.07, 6.45) is -0.593. The molecule has 0 amide bonds. The summed E-state index contributed by atoms with van der Waals surface area (Å²) < 4.78 is 12.7. The number of halogens is 1. The Kier molecular flexibility index (Phi) is 2.25. The summed E-state index contributed by atoms with van der Waals surface area (Å²) in [5.41, 5.74) is 1.46. The molecule has 60 valence electrons. The van der Waals surface area contributed by atoms with Crippen LogP contribution in [0.25, 0.3) is 0 Å². The maximum atomic E-state index is 12.7. The van der Waals surface area contributed by atoms with Crippen molar-refractivity contribution in [3.8, 4) is 0 Å². The van der Waals surface area contributed by atoms with Crippen molar-refractivity contribution in [2.45, 2.75) is 20.0 Å². The molecule has 1 rings (SSSR count). The van der Waals surface area contributed by atoms with E-state index in [0.717, 1.165) is 5.56 Å². The van der Waals surface area contributed by atoms with Gasteiger partial charge < -0.3 is 5.11 Å². The molecule has 0 aliphatic heterocycles. The van der Waals surface area contributed by atoms with E-state index < -0.39 is 6.10 Å². The molecule has 0 spiro atoms. The highest BCUT2D eigenvalue weighted by Crippen LogP contribution is 2.15. The molecule has 0 saturated carbocycles. The molecule has 2 heteroatoms. The summed E-state index contributed by atoms with van der Waals surface area (Å²) in [6, 6.07) is 4.55. The van der Waals surface area contributed by atoms with Crippen molar-refractivity contribution in [1.82, 2.24) is 0 Å². The van der Waals surface area contributed by atoms with Crippen LogP contribution < -0.4 is 0 Å². The summed E-state index contributed by atoms with van der Waals surface area (Å²) in [7, 11) is 0.